The first kappa shape index (κ1) is 16.8. The van der Waals surface area contributed by atoms with Crippen LogP contribution < -0.4 is 0 Å². The molecule has 0 saturated carbocycles. The average Bonchev–Trinajstić information content (AvgIpc) is 2.62. The fourth-order valence-electron chi connectivity index (χ4n) is 3.76. The summed E-state index contributed by atoms with van der Waals surface area (Å²) in [6.07, 6.45) is 4.36. The zero-order valence-electron chi connectivity index (χ0n) is 15.0. The third-order valence-corrected chi connectivity index (χ3v) is 5.70. The van der Waals surface area contributed by atoms with Crippen LogP contribution in [0.1, 0.15) is 71.9 Å². The number of fused-ring (bicyclic) bond motifs is 1. The Morgan fingerprint density at radius 1 is 1.00 bits per heavy atom. The van der Waals surface area contributed by atoms with Crippen molar-refractivity contribution >= 4 is 5.57 Å². The van der Waals surface area contributed by atoms with Gasteiger partial charge in [-0.15, -0.1) is 0 Å². The van der Waals surface area contributed by atoms with Gasteiger partial charge in [-0.3, -0.25) is 0 Å². The molecular weight excluding hydrogens is 264 g/mol. The maximum Gasteiger partial charge on any atom is -0.0113 e. The minimum absolute atomic E-state index is 0.552. The molecule has 1 unspecified atom stereocenters. The zero-order chi connectivity index (χ0) is 16.6. The lowest BCUT2D eigenvalue weighted by molar-refractivity contribution is 0.615. The molecule has 1 aliphatic carbocycles. The molecule has 0 spiro atoms. The van der Waals surface area contributed by atoms with E-state index < -0.39 is 0 Å². The number of hydrogen-bond donors (Lipinski definition) is 0. The lowest BCUT2D eigenvalue weighted by Crippen LogP contribution is -2.09. The van der Waals surface area contributed by atoms with E-state index in [1.807, 2.05) is 0 Å². The van der Waals surface area contributed by atoms with Crippen molar-refractivity contribution < 1.29 is 0 Å². The maximum absolute atomic E-state index is 4.38. The van der Waals surface area contributed by atoms with Gasteiger partial charge in [0.05, 0.1) is 0 Å². The molecule has 0 N–H and O–H groups in total. The molecule has 1 aromatic rings. The lowest BCUT2D eigenvalue weighted by atomic mass is 9.79. The minimum atomic E-state index is 0.552. The highest BCUT2D eigenvalue weighted by molar-refractivity contribution is 5.83. The Balaban J connectivity index is 2.72. The molecule has 2 rings (SSSR count). The summed E-state index contributed by atoms with van der Waals surface area (Å²) < 4.78 is 0. The van der Waals surface area contributed by atoms with Gasteiger partial charge in [0.1, 0.15) is 0 Å². The molecular formula is C22H30. The first-order chi connectivity index (χ1) is 10.3. The molecule has 0 amide bonds. The van der Waals surface area contributed by atoms with Crippen LogP contribution >= 0.6 is 0 Å². The largest absolute Gasteiger partial charge is 0.0999 e. The zero-order valence-corrected chi connectivity index (χ0v) is 15.0. The summed E-state index contributed by atoms with van der Waals surface area (Å²) in [6, 6.07) is 0. The van der Waals surface area contributed by atoms with E-state index in [2.05, 4.69) is 54.4 Å². The Bertz CT molecular complexity index is 655. The van der Waals surface area contributed by atoms with E-state index in [9.17, 15) is 0 Å². The molecule has 1 aromatic carbocycles. The molecule has 0 heterocycles. The second kappa shape index (κ2) is 6.28. The van der Waals surface area contributed by atoms with Gasteiger partial charge in [0.2, 0.25) is 0 Å². The van der Waals surface area contributed by atoms with Crippen LogP contribution in [0.5, 0.6) is 0 Å². The predicted octanol–water partition coefficient (Wildman–Crippen LogP) is 6.72. The fraction of sp³-hybridized carbons (Fsp3) is 0.455. The normalized spacial score (nSPS) is 18.1. The summed E-state index contributed by atoms with van der Waals surface area (Å²) in [7, 11) is 0. The summed E-state index contributed by atoms with van der Waals surface area (Å²) >= 11 is 0. The van der Waals surface area contributed by atoms with Crippen molar-refractivity contribution in [2.24, 2.45) is 0 Å². The Morgan fingerprint density at radius 2 is 1.59 bits per heavy atom. The van der Waals surface area contributed by atoms with E-state index in [-0.39, 0.29) is 0 Å². The van der Waals surface area contributed by atoms with Crippen LogP contribution in [0.4, 0.5) is 0 Å². The van der Waals surface area contributed by atoms with E-state index in [0.717, 1.165) is 31.3 Å². The van der Waals surface area contributed by atoms with Crippen molar-refractivity contribution in [1.29, 1.82) is 0 Å². The highest BCUT2D eigenvalue weighted by atomic mass is 14.3. The second-order valence-electron chi connectivity index (χ2n) is 6.91. The molecule has 0 radical (unpaired) electrons. The number of benzene rings is 1. The Morgan fingerprint density at radius 3 is 2.18 bits per heavy atom. The summed E-state index contributed by atoms with van der Waals surface area (Å²) in [5, 5.41) is 0. The van der Waals surface area contributed by atoms with Crippen LogP contribution in [0, 0.1) is 27.7 Å². The average molecular weight is 294 g/mol. The van der Waals surface area contributed by atoms with Crippen molar-refractivity contribution in [2.45, 2.75) is 66.2 Å². The van der Waals surface area contributed by atoms with Crippen LogP contribution in [0.25, 0.3) is 5.57 Å². The fourth-order valence-corrected chi connectivity index (χ4v) is 3.76. The van der Waals surface area contributed by atoms with Crippen molar-refractivity contribution in [3.63, 3.8) is 0 Å². The molecule has 118 valence electrons. The predicted molar refractivity (Wildman–Crippen MR) is 99.6 cm³/mol. The van der Waals surface area contributed by atoms with Crippen LogP contribution in [0.3, 0.4) is 0 Å². The monoisotopic (exact) mass is 294 g/mol. The van der Waals surface area contributed by atoms with Gasteiger partial charge in [-0.2, -0.15) is 0 Å². The molecule has 0 saturated heterocycles. The van der Waals surface area contributed by atoms with Gasteiger partial charge < -0.3 is 0 Å². The molecule has 1 aliphatic rings. The van der Waals surface area contributed by atoms with Crippen LogP contribution in [0.2, 0.25) is 0 Å². The molecule has 0 nitrogen and oxygen atoms in total. The highest BCUT2D eigenvalue weighted by Crippen LogP contribution is 2.45. The molecule has 22 heavy (non-hydrogen) atoms. The highest BCUT2D eigenvalue weighted by Gasteiger charge is 2.27. The molecule has 0 aromatic heterocycles. The van der Waals surface area contributed by atoms with Gasteiger partial charge in [0.15, 0.2) is 0 Å². The number of hydrogen-bond acceptors (Lipinski definition) is 0. The first-order valence-corrected chi connectivity index (χ1v) is 8.43. The van der Waals surface area contributed by atoms with E-state index in [4.69, 9.17) is 0 Å². The van der Waals surface area contributed by atoms with E-state index in [1.54, 1.807) is 0 Å². The second-order valence-corrected chi connectivity index (χ2v) is 6.91. The first-order valence-electron chi connectivity index (χ1n) is 8.43. The van der Waals surface area contributed by atoms with Crippen molar-refractivity contribution in [3.05, 3.63) is 64.3 Å². The standard InChI is InChI=1S/C22H30/c1-9-13(2)12-20-11-10-14(3)15(4)21-18(7)16(5)17(6)19(8)22(20)21/h20H,2-4,9-12H2,1,5-8H3. The molecule has 0 bridgehead atoms. The molecule has 0 aliphatic heterocycles. The Labute approximate surface area is 136 Å². The number of rotatable bonds is 3. The minimum Gasteiger partial charge on any atom is -0.0999 e. The summed E-state index contributed by atoms with van der Waals surface area (Å²) in [4.78, 5) is 0. The van der Waals surface area contributed by atoms with Gasteiger partial charge in [0, 0.05) is 0 Å². The van der Waals surface area contributed by atoms with Crippen LogP contribution in [-0.4, -0.2) is 0 Å². The maximum atomic E-state index is 4.38. The van der Waals surface area contributed by atoms with Gasteiger partial charge in [-0.05, 0) is 104 Å². The van der Waals surface area contributed by atoms with Gasteiger partial charge >= 0.3 is 0 Å². The van der Waals surface area contributed by atoms with E-state index in [1.165, 1.54) is 44.5 Å². The lowest BCUT2D eigenvalue weighted by Gasteiger charge is -2.26. The third-order valence-electron chi connectivity index (χ3n) is 5.70. The van der Waals surface area contributed by atoms with E-state index in [0.29, 0.717) is 5.92 Å². The molecule has 0 fully saturated rings. The summed E-state index contributed by atoms with van der Waals surface area (Å²) in [6.45, 7) is 24.1. The van der Waals surface area contributed by atoms with Gasteiger partial charge in [-0.25, -0.2) is 0 Å². The quantitative estimate of drug-likeness (QED) is 0.428. The van der Waals surface area contributed by atoms with Crippen LogP contribution in [0.15, 0.2) is 30.9 Å². The van der Waals surface area contributed by atoms with Gasteiger partial charge in [-0.1, -0.05) is 32.2 Å². The summed E-state index contributed by atoms with van der Waals surface area (Å²) in [5.41, 5.74) is 12.3. The number of allylic oxidation sites excluding steroid dienone is 3. The summed E-state index contributed by atoms with van der Waals surface area (Å²) in [5.74, 6) is 0.552. The van der Waals surface area contributed by atoms with E-state index >= 15 is 0 Å². The van der Waals surface area contributed by atoms with Crippen molar-refractivity contribution in [3.8, 4) is 0 Å². The van der Waals surface area contributed by atoms with Crippen molar-refractivity contribution in [2.75, 3.05) is 0 Å². The molecule has 1 atom stereocenters. The topological polar surface area (TPSA) is 0 Å². The Kier molecular flexibility index (Phi) is 4.80. The smallest absolute Gasteiger partial charge is 0.0113 e. The Hall–Kier alpha value is -1.56. The third kappa shape index (κ3) is 2.72. The molecule has 0 heteroatoms. The van der Waals surface area contributed by atoms with Crippen LogP contribution in [-0.2, 0) is 0 Å². The van der Waals surface area contributed by atoms with Gasteiger partial charge in [0.25, 0.3) is 0 Å². The van der Waals surface area contributed by atoms with Crippen molar-refractivity contribution in [1.82, 2.24) is 0 Å². The SMILES string of the molecule is C=C(CC)CC1CCC(=C)C(=C)c2c(C)c(C)c(C)c(C)c21.